The lowest BCUT2D eigenvalue weighted by atomic mass is 10.3. The number of allylic oxidation sites excluding steroid dienone is 1. The summed E-state index contributed by atoms with van der Waals surface area (Å²) < 4.78 is 7.59. The molecule has 0 saturated heterocycles. The number of carbonyl (C=O) groups excluding carboxylic acids is 2. The summed E-state index contributed by atoms with van der Waals surface area (Å²) in [7, 11) is 3.34. The molecule has 0 aliphatic rings. The summed E-state index contributed by atoms with van der Waals surface area (Å²) in [4.78, 5) is 30.9. The topological polar surface area (TPSA) is 102 Å². The summed E-state index contributed by atoms with van der Waals surface area (Å²) in [5, 5.41) is 12.7. The van der Waals surface area contributed by atoms with Crippen LogP contribution >= 0.6 is 34.7 Å². The molecular formula is C21H23ClN6O3S2. The molecule has 3 rings (SSSR count). The fourth-order valence-electron chi connectivity index (χ4n) is 2.66. The molecule has 3 aromatic rings. The monoisotopic (exact) mass is 506 g/mol. The van der Waals surface area contributed by atoms with Crippen LogP contribution in [0.1, 0.15) is 21.2 Å². The van der Waals surface area contributed by atoms with Gasteiger partial charge in [0, 0.05) is 25.7 Å². The van der Waals surface area contributed by atoms with Crippen LogP contribution in [0, 0.1) is 6.92 Å². The lowest BCUT2D eigenvalue weighted by molar-refractivity contribution is -0.113. The van der Waals surface area contributed by atoms with E-state index < -0.39 is 0 Å². The highest BCUT2D eigenvalue weighted by Gasteiger charge is 2.19. The molecule has 1 aromatic carbocycles. The SMILES string of the molecule is C=CCn1c(COc2ccc(Cl)cc2)nnc1SCC(=O)Nc1nc(C)c(C(=O)N(C)C)s1. The normalized spacial score (nSPS) is 10.7. The van der Waals surface area contributed by atoms with Gasteiger partial charge in [0.25, 0.3) is 5.91 Å². The van der Waals surface area contributed by atoms with E-state index in [9.17, 15) is 9.59 Å². The predicted molar refractivity (Wildman–Crippen MR) is 130 cm³/mol. The van der Waals surface area contributed by atoms with Crippen molar-refractivity contribution in [2.45, 2.75) is 25.2 Å². The first-order valence-electron chi connectivity index (χ1n) is 9.81. The number of anilines is 1. The maximum Gasteiger partial charge on any atom is 0.265 e. The minimum atomic E-state index is -0.260. The van der Waals surface area contributed by atoms with Crippen LogP contribution in [0.2, 0.25) is 5.02 Å². The average molecular weight is 507 g/mol. The van der Waals surface area contributed by atoms with Crippen molar-refractivity contribution in [3.63, 3.8) is 0 Å². The molecule has 0 aliphatic heterocycles. The Morgan fingerprint density at radius 3 is 2.70 bits per heavy atom. The smallest absolute Gasteiger partial charge is 0.265 e. The number of halogens is 1. The maximum absolute atomic E-state index is 12.5. The van der Waals surface area contributed by atoms with Crippen molar-refractivity contribution in [1.29, 1.82) is 0 Å². The van der Waals surface area contributed by atoms with Crippen LogP contribution in [-0.2, 0) is 17.9 Å². The Balaban J connectivity index is 1.60. The molecule has 174 valence electrons. The van der Waals surface area contributed by atoms with Crippen molar-refractivity contribution in [1.82, 2.24) is 24.6 Å². The van der Waals surface area contributed by atoms with Crippen molar-refractivity contribution in [2.75, 3.05) is 25.2 Å². The number of thioether (sulfide) groups is 1. The molecule has 0 fully saturated rings. The molecular weight excluding hydrogens is 484 g/mol. The number of rotatable bonds is 10. The van der Waals surface area contributed by atoms with Crippen molar-refractivity contribution in [3.05, 3.63) is 58.3 Å². The quantitative estimate of drug-likeness (QED) is 0.328. The van der Waals surface area contributed by atoms with Gasteiger partial charge in [0.1, 0.15) is 17.2 Å². The summed E-state index contributed by atoms with van der Waals surface area (Å²) in [6.45, 7) is 6.19. The van der Waals surface area contributed by atoms with E-state index in [-0.39, 0.29) is 24.2 Å². The second-order valence-corrected chi connectivity index (χ2v) is 9.39. The third-order valence-corrected chi connectivity index (χ3v) is 6.54. The first-order valence-corrected chi connectivity index (χ1v) is 12.0. The van der Waals surface area contributed by atoms with E-state index in [1.54, 1.807) is 51.4 Å². The van der Waals surface area contributed by atoms with Crippen LogP contribution in [0.4, 0.5) is 5.13 Å². The standard InChI is InChI=1S/C21H23ClN6O3S2/c1-5-10-28-16(11-31-15-8-6-14(22)7-9-15)25-26-21(28)32-12-17(29)24-20-23-13(2)18(33-20)19(30)27(3)4/h5-9H,1,10-12H2,2-4H3,(H,23,24,29). The molecule has 0 radical (unpaired) electrons. The van der Waals surface area contributed by atoms with Crippen molar-refractivity contribution >= 4 is 51.6 Å². The lowest BCUT2D eigenvalue weighted by Crippen LogP contribution is -2.21. The molecule has 0 spiro atoms. The zero-order chi connectivity index (χ0) is 24.0. The first-order chi connectivity index (χ1) is 15.8. The Morgan fingerprint density at radius 2 is 2.03 bits per heavy atom. The highest BCUT2D eigenvalue weighted by Crippen LogP contribution is 2.25. The van der Waals surface area contributed by atoms with Gasteiger partial charge in [-0.3, -0.25) is 14.2 Å². The number of hydrogen-bond acceptors (Lipinski definition) is 8. The average Bonchev–Trinajstić information content (AvgIpc) is 3.34. The molecule has 0 unspecified atom stereocenters. The molecule has 1 N–H and O–H groups in total. The van der Waals surface area contributed by atoms with Crippen LogP contribution in [-0.4, -0.2) is 56.3 Å². The molecule has 0 aliphatic carbocycles. The van der Waals surface area contributed by atoms with Gasteiger partial charge in [-0.15, -0.1) is 16.8 Å². The molecule has 33 heavy (non-hydrogen) atoms. The van der Waals surface area contributed by atoms with Crippen LogP contribution in [0.3, 0.4) is 0 Å². The summed E-state index contributed by atoms with van der Waals surface area (Å²) in [5.41, 5.74) is 0.581. The highest BCUT2D eigenvalue weighted by molar-refractivity contribution is 7.99. The largest absolute Gasteiger partial charge is 0.486 e. The van der Waals surface area contributed by atoms with Gasteiger partial charge in [0.05, 0.1) is 11.4 Å². The summed E-state index contributed by atoms with van der Waals surface area (Å²) in [5.74, 6) is 0.959. The second kappa shape index (κ2) is 11.3. The van der Waals surface area contributed by atoms with Crippen molar-refractivity contribution in [2.24, 2.45) is 0 Å². The van der Waals surface area contributed by atoms with Gasteiger partial charge in [-0.05, 0) is 31.2 Å². The van der Waals surface area contributed by atoms with Gasteiger partial charge in [0.2, 0.25) is 5.91 Å². The number of thiazole rings is 1. The van der Waals surface area contributed by atoms with Gasteiger partial charge in [-0.1, -0.05) is 40.8 Å². The van der Waals surface area contributed by atoms with Crippen LogP contribution in [0.25, 0.3) is 0 Å². The Bertz CT molecular complexity index is 1140. The first kappa shape index (κ1) is 24.7. The number of aromatic nitrogens is 4. The third kappa shape index (κ3) is 6.56. The van der Waals surface area contributed by atoms with Gasteiger partial charge in [0.15, 0.2) is 16.1 Å². The summed E-state index contributed by atoms with van der Waals surface area (Å²) in [6, 6.07) is 7.03. The molecule has 2 amide bonds. The van der Waals surface area contributed by atoms with E-state index in [4.69, 9.17) is 16.3 Å². The minimum absolute atomic E-state index is 0.100. The van der Waals surface area contributed by atoms with Gasteiger partial charge in [-0.25, -0.2) is 4.98 Å². The molecule has 0 atom stereocenters. The number of carbonyl (C=O) groups is 2. The maximum atomic E-state index is 12.5. The molecule has 0 saturated carbocycles. The van der Waals surface area contributed by atoms with Crippen LogP contribution in [0.15, 0.2) is 42.1 Å². The number of amides is 2. The molecule has 2 aromatic heterocycles. The van der Waals surface area contributed by atoms with Crippen molar-refractivity contribution < 1.29 is 14.3 Å². The molecule has 12 heteroatoms. The van der Waals surface area contributed by atoms with E-state index in [1.807, 2.05) is 4.57 Å². The predicted octanol–water partition coefficient (Wildman–Crippen LogP) is 3.89. The van der Waals surface area contributed by atoms with Crippen LogP contribution in [0.5, 0.6) is 5.75 Å². The minimum Gasteiger partial charge on any atom is -0.486 e. The number of benzene rings is 1. The fourth-order valence-corrected chi connectivity index (χ4v) is 4.56. The van der Waals surface area contributed by atoms with E-state index in [0.29, 0.717) is 44.0 Å². The Hall–Kier alpha value is -2.89. The van der Waals surface area contributed by atoms with E-state index in [2.05, 4.69) is 27.1 Å². The van der Waals surface area contributed by atoms with E-state index >= 15 is 0 Å². The Labute approximate surface area is 204 Å². The number of nitrogens with one attached hydrogen (secondary N) is 1. The summed E-state index contributed by atoms with van der Waals surface area (Å²) in [6.07, 6.45) is 1.72. The lowest BCUT2D eigenvalue weighted by Gasteiger charge is -2.09. The third-order valence-electron chi connectivity index (χ3n) is 4.26. The van der Waals surface area contributed by atoms with Crippen molar-refractivity contribution in [3.8, 4) is 5.75 Å². The Kier molecular flexibility index (Phi) is 8.48. The second-order valence-electron chi connectivity index (χ2n) is 7.01. The fraction of sp³-hybridized carbons (Fsp3) is 0.286. The van der Waals surface area contributed by atoms with Gasteiger partial charge >= 0.3 is 0 Å². The van der Waals surface area contributed by atoms with E-state index in [0.717, 1.165) is 11.3 Å². The van der Waals surface area contributed by atoms with E-state index in [1.165, 1.54) is 16.7 Å². The summed E-state index contributed by atoms with van der Waals surface area (Å²) >= 11 is 8.29. The number of nitrogens with zero attached hydrogens (tertiary/aromatic N) is 5. The van der Waals surface area contributed by atoms with Crippen LogP contribution < -0.4 is 10.1 Å². The zero-order valence-corrected chi connectivity index (χ0v) is 20.8. The number of hydrogen-bond donors (Lipinski definition) is 1. The molecule has 2 heterocycles. The Morgan fingerprint density at radius 1 is 1.30 bits per heavy atom. The molecule has 0 bridgehead atoms. The van der Waals surface area contributed by atoms with Gasteiger partial charge in [-0.2, -0.15) is 0 Å². The van der Waals surface area contributed by atoms with Gasteiger partial charge < -0.3 is 15.0 Å². The zero-order valence-electron chi connectivity index (χ0n) is 18.4. The number of aryl methyl sites for hydroxylation is 1. The number of ether oxygens (including phenoxy) is 1. The highest BCUT2D eigenvalue weighted by atomic mass is 35.5. The molecule has 9 nitrogen and oxygen atoms in total.